The normalized spacial score (nSPS) is 26.8. The highest BCUT2D eigenvalue weighted by Crippen LogP contribution is 2.37. The summed E-state index contributed by atoms with van der Waals surface area (Å²) in [5.74, 6) is -0.829. The van der Waals surface area contributed by atoms with Gasteiger partial charge in [-0.1, -0.05) is 13.8 Å². The minimum absolute atomic E-state index is 0.0431. The molecule has 2 saturated heterocycles. The summed E-state index contributed by atoms with van der Waals surface area (Å²) >= 11 is 0. The second-order valence-electron chi connectivity index (χ2n) is 5.08. The van der Waals surface area contributed by atoms with E-state index in [1.54, 1.807) is 0 Å². The Bertz CT molecular complexity index is 348. The highest BCUT2D eigenvalue weighted by molar-refractivity contribution is 6.19. The van der Waals surface area contributed by atoms with E-state index in [4.69, 9.17) is 4.74 Å². The minimum atomic E-state index is -1.16. The maximum absolute atomic E-state index is 12.0. The van der Waals surface area contributed by atoms with Crippen molar-refractivity contribution in [2.45, 2.75) is 32.8 Å². The molecule has 0 aromatic carbocycles. The summed E-state index contributed by atoms with van der Waals surface area (Å²) in [6.45, 7) is 4.45. The summed E-state index contributed by atoms with van der Waals surface area (Å²) in [6.07, 6.45) is 0.715. The van der Waals surface area contributed by atoms with Crippen molar-refractivity contribution in [1.82, 2.24) is 10.6 Å². The van der Waals surface area contributed by atoms with E-state index in [1.807, 2.05) is 13.8 Å². The molecule has 0 spiro atoms. The van der Waals surface area contributed by atoms with E-state index in [0.29, 0.717) is 19.4 Å². The first-order chi connectivity index (χ1) is 7.94. The molecule has 94 valence electrons. The number of barbiturate groups is 1. The van der Waals surface area contributed by atoms with Gasteiger partial charge in [-0.25, -0.2) is 4.79 Å². The third-order valence-corrected chi connectivity index (χ3v) is 3.06. The van der Waals surface area contributed by atoms with E-state index in [0.717, 1.165) is 0 Å². The molecule has 17 heavy (non-hydrogen) atoms. The van der Waals surface area contributed by atoms with Gasteiger partial charge in [0.2, 0.25) is 11.8 Å². The van der Waals surface area contributed by atoms with E-state index in [9.17, 15) is 14.4 Å². The van der Waals surface area contributed by atoms with Gasteiger partial charge in [0.25, 0.3) is 0 Å². The fourth-order valence-electron chi connectivity index (χ4n) is 2.31. The molecule has 0 radical (unpaired) electrons. The average molecular weight is 240 g/mol. The highest BCUT2D eigenvalue weighted by atomic mass is 16.6. The van der Waals surface area contributed by atoms with Crippen molar-refractivity contribution in [3.8, 4) is 0 Å². The van der Waals surface area contributed by atoms with Crippen LogP contribution in [0, 0.1) is 11.3 Å². The first-order valence-corrected chi connectivity index (χ1v) is 5.72. The molecule has 2 fully saturated rings. The zero-order chi connectivity index (χ0) is 12.6. The Labute approximate surface area is 99.1 Å². The number of carbonyl (C=O) groups is 3. The summed E-state index contributed by atoms with van der Waals surface area (Å²) in [7, 11) is 0. The second-order valence-corrected chi connectivity index (χ2v) is 5.08. The van der Waals surface area contributed by atoms with Gasteiger partial charge < -0.3 is 4.74 Å². The zero-order valence-electron chi connectivity index (χ0n) is 9.91. The van der Waals surface area contributed by atoms with E-state index < -0.39 is 23.3 Å². The molecular formula is C11H16N2O4. The van der Waals surface area contributed by atoms with E-state index in [2.05, 4.69) is 10.6 Å². The highest BCUT2D eigenvalue weighted by Gasteiger charge is 2.53. The lowest BCUT2D eigenvalue weighted by molar-refractivity contribution is -0.146. The lowest BCUT2D eigenvalue weighted by Gasteiger charge is -2.34. The van der Waals surface area contributed by atoms with Crippen molar-refractivity contribution in [2.75, 3.05) is 6.61 Å². The Morgan fingerprint density at radius 1 is 1.29 bits per heavy atom. The standard InChI is InChI=1S/C11H16N2O4/c1-6(2)3-11(4-7-5-17-7)8(14)12-10(16)13-9(11)15/h6-7H,3-5H2,1-2H3,(H2,12,13,14,15,16). The topological polar surface area (TPSA) is 87.8 Å². The molecule has 2 aliphatic rings. The molecule has 0 aliphatic carbocycles. The molecule has 0 saturated carbocycles. The number of hydrogen-bond donors (Lipinski definition) is 2. The number of carbonyl (C=O) groups excluding carboxylic acids is 3. The SMILES string of the molecule is CC(C)CC1(CC2CO2)C(=O)NC(=O)NC1=O. The average Bonchev–Trinajstić information content (AvgIpc) is 2.97. The Morgan fingerprint density at radius 2 is 1.82 bits per heavy atom. The molecule has 0 aromatic heterocycles. The maximum atomic E-state index is 12.0. The number of amides is 4. The Hall–Kier alpha value is -1.43. The third-order valence-electron chi connectivity index (χ3n) is 3.06. The van der Waals surface area contributed by atoms with E-state index in [1.165, 1.54) is 0 Å². The van der Waals surface area contributed by atoms with Gasteiger partial charge in [-0.15, -0.1) is 0 Å². The second kappa shape index (κ2) is 4.10. The molecule has 6 nitrogen and oxygen atoms in total. The van der Waals surface area contributed by atoms with Gasteiger partial charge in [-0.2, -0.15) is 0 Å². The molecular weight excluding hydrogens is 224 g/mol. The monoisotopic (exact) mass is 240 g/mol. The number of hydrogen-bond acceptors (Lipinski definition) is 4. The molecule has 0 bridgehead atoms. The summed E-state index contributed by atoms with van der Waals surface area (Å²) in [4.78, 5) is 35.0. The number of epoxide rings is 1. The van der Waals surface area contributed by atoms with E-state index in [-0.39, 0.29) is 12.0 Å². The van der Waals surface area contributed by atoms with Gasteiger partial charge in [-0.05, 0) is 18.8 Å². The van der Waals surface area contributed by atoms with Gasteiger partial charge in [-0.3, -0.25) is 20.2 Å². The Kier molecular flexibility index (Phi) is 2.91. The predicted molar refractivity (Wildman–Crippen MR) is 57.9 cm³/mol. The van der Waals surface area contributed by atoms with Crippen molar-refractivity contribution in [3.63, 3.8) is 0 Å². The van der Waals surface area contributed by atoms with Crippen molar-refractivity contribution in [1.29, 1.82) is 0 Å². The van der Waals surface area contributed by atoms with Crippen molar-refractivity contribution in [2.24, 2.45) is 11.3 Å². The van der Waals surface area contributed by atoms with Crippen LogP contribution in [-0.4, -0.2) is 30.6 Å². The fraction of sp³-hybridized carbons (Fsp3) is 0.727. The van der Waals surface area contributed by atoms with Crippen LogP contribution >= 0.6 is 0 Å². The van der Waals surface area contributed by atoms with Crippen LogP contribution in [0.2, 0.25) is 0 Å². The van der Waals surface area contributed by atoms with Gasteiger partial charge >= 0.3 is 6.03 Å². The molecule has 6 heteroatoms. The van der Waals surface area contributed by atoms with Gasteiger partial charge in [0.15, 0.2) is 0 Å². The Morgan fingerprint density at radius 3 is 2.24 bits per heavy atom. The van der Waals surface area contributed by atoms with Crippen LogP contribution in [0.15, 0.2) is 0 Å². The zero-order valence-corrected chi connectivity index (χ0v) is 9.91. The number of ether oxygens (including phenoxy) is 1. The molecule has 1 unspecified atom stereocenters. The largest absolute Gasteiger partial charge is 0.373 e. The Balaban J connectivity index is 2.25. The third kappa shape index (κ3) is 2.31. The van der Waals surface area contributed by atoms with Crippen LogP contribution in [0.4, 0.5) is 4.79 Å². The number of rotatable bonds is 4. The van der Waals surface area contributed by atoms with Crippen LogP contribution in [0.25, 0.3) is 0 Å². The first-order valence-electron chi connectivity index (χ1n) is 5.72. The predicted octanol–water partition coefficient (Wildman–Crippen LogP) is 0.174. The molecule has 4 amide bonds. The number of imide groups is 2. The van der Waals surface area contributed by atoms with Crippen molar-refractivity contribution in [3.05, 3.63) is 0 Å². The minimum Gasteiger partial charge on any atom is -0.373 e. The van der Waals surface area contributed by atoms with Crippen molar-refractivity contribution < 1.29 is 19.1 Å². The number of nitrogens with one attached hydrogen (secondary N) is 2. The lowest BCUT2D eigenvalue weighted by Crippen LogP contribution is -2.63. The summed E-state index contributed by atoms with van der Waals surface area (Å²) < 4.78 is 5.10. The van der Waals surface area contributed by atoms with Crippen molar-refractivity contribution >= 4 is 17.8 Å². The van der Waals surface area contributed by atoms with Gasteiger partial charge in [0.1, 0.15) is 5.41 Å². The molecule has 0 aromatic rings. The quantitative estimate of drug-likeness (QED) is 0.541. The maximum Gasteiger partial charge on any atom is 0.328 e. The van der Waals surface area contributed by atoms with Gasteiger partial charge in [0.05, 0.1) is 12.7 Å². The summed E-state index contributed by atoms with van der Waals surface area (Å²) in [5, 5.41) is 4.35. The first kappa shape index (κ1) is 12.0. The smallest absolute Gasteiger partial charge is 0.328 e. The fourth-order valence-corrected chi connectivity index (χ4v) is 2.31. The van der Waals surface area contributed by atoms with Crippen LogP contribution in [-0.2, 0) is 14.3 Å². The van der Waals surface area contributed by atoms with Crippen LogP contribution in [0.3, 0.4) is 0 Å². The molecule has 2 N–H and O–H groups in total. The van der Waals surface area contributed by atoms with Gasteiger partial charge in [0, 0.05) is 0 Å². The van der Waals surface area contributed by atoms with Crippen LogP contribution in [0.5, 0.6) is 0 Å². The summed E-state index contributed by atoms with van der Waals surface area (Å²) in [5.41, 5.74) is -1.16. The molecule has 2 rings (SSSR count). The molecule has 1 atom stereocenters. The van der Waals surface area contributed by atoms with E-state index >= 15 is 0 Å². The molecule has 2 aliphatic heterocycles. The number of urea groups is 1. The van der Waals surface area contributed by atoms with Crippen LogP contribution < -0.4 is 10.6 Å². The lowest BCUT2D eigenvalue weighted by atomic mass is 9.74. The molecule has 2 heterocycles. The van der Waals surface area contributed by atoms with Crippen LogP contribution in [0.1, 0.15) is 26.7 Å². The summed E-state index contributed by atoms with van der Waals surface area (Å²) in [6, 6.07) is -0.740.